The van der Waals surface area contributed by atoms with E-state index in [-0.39, 0.29) is 0 Å². The summed E-state index contributed by atoms with van der Waals surface area (Å²) in [4.78, 5) is 0. The van der Waals surface area contributed by atoms with Crippen molar-refractivity contribution < 1.29 is 28.9 Å². The van der Waals surface area contributed by atoms with Crippen LogP contribution in [0.4, 0.5) is 0 Å². The molecular weight excluding hydrogens is 438 g/mol. The number of fused-ring (bicyclic) bond motifs is 5. The molecule has 8 unspecified atom stereocenters. The van der Waals surface area contributed by atoms with Gasteiger partial charge in [-0.3, -0.25) is 0 Å². The van der Waals surface area contributed by atoms with Crippen LogP contribution < -0.4 is 9.98 Å². The number of halogens is 1. The van der Waals surface area contributed by atoms with Gasteiger partial charge in [0.2, 0.25) is 0 Å². The van der Waals surface area contributed by atoms with E-state index in [0.717, 1.165) is 41.4 Å². The predicted molar refractivity (Wildman–Crippen MR) is 128 cm³/mol. The van der Waals surface area contributed by atoms with E-state index in [1.54, 1.807) is 19.3 Å². The fourth-order valence-electron chi connectivity index (χ4n) is 9.15. The maximum absolute atomic E-state index is 8.83. The van der Waals surface area contributed by atoms with Crippen molar-refractivity contribution in [3.63, 3.8) is 0 Å². The molecule has 1 aliphatic heterocycles. The van der Waals surface area contributed by atoms with Gasteiger partial charge < -0.3 is 5.32 Å². The Labute approximate surface area is 204 Å². The molecule has 1 saturated heterocycles. The van der Waals surface area contributed by atoms with E-state index in [0.29, 0.717) is 10.8 Å². The number of hydrogen-bond acceptors (Lipinski definition) is 5. The quantitative estimate of drug-likeness (QED) is 0.457. The molecule has 196 valence electrons. The third-order valence-electron chi connectivity index (χ3n) is 10.7. The van der Waals surface area contributed by atoms with E-state index < -0.39 is 10.2 Å². The summed E-state index contributed by atoms with van der Waals surface area (Å²) in [5.74, 6) is 6.89. The Balaban J connectivity index is 0.000000555. The van der Waals surface area contributed by atoms with E-state index in [4.69, 9.17) is 18.6 Å². The van der Waals surface area contributed by atoms with Crippen LogP contribution in [0.15, 0.2) is 0 Å². The van der Waals surface area contributed by atoms with Crippen molar-refractivity contribution in [2.24, 2.45) is 52.3 Å². The molecule has 0 aromatic carbocycles. The van der Waals surface area contributed by atoms with Gasteiger partial charge in [0.05, 0.1) is 0 Å². The average molecular weight is 490 g/mol. The molecule has 33 heavy (non-hydrogen) atoms. The summed E-state index contributed by atoms with van der Waals surface area (Å²) < 4.78 is 30.2. The molecule has 1 heterocycles. The Morgan fingerprint density at radius 3 is 2.24 bits per heavy atom. The van der Waals surface area contributed by atoms with Crippen molar-refractivity contribution in [2.45, 2.75) is 105 Å². The van der Waals surface area contributed by atoms with Crippen LogP contribution in [-0.2, 0) is 0 Å². The first kappa shape index (κ1) is 27.7. The molecule has 4 fully saturated rings. The van der Waals surface area contributed by atoms with Crippen molar-refractivity contribution in [1.29, 1.82) is 0 Å². The molecule has 0 bridgehead atoms. The fraction of sp³-hybridized carbons (Fsp3) is 1.00. The Morgan fingerprint density at radius 1 is 0.909 bits per heavy atom. The second kappa shape index (κ2) is 11.0. The van der Waals surface area contributed by atoms with Gasteiger partial charge in [-0.25, -0.2) is 0 Å². The molecule has 0 aromatic heterocycles. The predicted octanol–water partition coefficient (Wildman–Crippen LogP) is 4.45. The Bertz CT molecular complexity index is 620. The fourth-order valence-corrected chi connectivity index (χ4v) is 9.15. The zero-order valence-electron chi connectivity index (χ0n) is 21.9. The van der Waals surface area contributed by atoms with Gasteiger partial charge in [-0.15, -0.1) is 0 Å². The van der Waals surface area contributed by atoms with Gasteiger partial charge in [0.1, 0.15) is 0 Å². The minimum absolute atomic E-state index is 0.634. The normalized spacial score (nSPS) is 42.3. The molecule has 3 saturated carbocycles. The molecule has 3 aliphatic carbocycles. The van der Waals surface area contributed by atoms with Gasteiger partial charge in [-0.2, -0.15) is 0 Å². The van der Waals surface area contributed by atoms with E-state index in [9.17, 15) is 0 Å². The van der Waals surface area contributed by atoms with Gasteiger partial charge in [-0.1, -0.05) is 53.9 Å². The topological polar surface area (TPSA) is 95.8 Å². The van der Waals surface area contributed by atoms with Crippen molar-refractivity contribution >= 4 is 0 Å². The summed E-state index contributed by atoms with van der Waals surface area (Å²) in [7, 11) is -4.19. The third kappa shape index (κ3) is 6.46. The summed E-state index contributed by atoms with van der Waals surface area (Å²) in [6.07, 6.45) is 16.5. The molecule has 0 amide bonds. The molecule has 0 aromatic rings. The molecular formula is C27H52ClNO4. The van der Waals surface area contributed by atoms with Crippen LogP contribution in [0.2, 0.25) is 0 Å². The van der Waals surface area contributed by atoms with Gasteiger partial charge in [0, 0.05) is 0 Å². The first-order chi connectivity index (χ1) is 15.4. The van der Waals surface area contributed by atoms with Crippen LogP contribution in [-0.4, -0.2) is 27.1 Å². The summed E-state index contributed by atoms with van der Waals surface area (Å²) in [6.45, 7) is 15.4. The Morgan fingerprint density at radius 2 is 1.58 bits per heavy atom. The van der Waals surface area contributed by atoms with Crippen LogP contribution in [0.25, 0.3) is 0 Å². The van der Waals surface area contributed by atoms with Gasteiger partial charge in [-0.05, 0) is 117 Å². The summed E-state index contributed by atoms with van der Waals surface area (Å²) in [5, 5.41) is 3.77. The van der Waals surface area contributed by atoms with E-state index >= 15 is 0 Å². The molecule has 0 spiro atoms. The standard InChI is InChI=1S/C27H49N.ClH3O4/c1-19(2)8-6-9-20(3)23-12-13-24-22-11-10-21-18-28-17-7-15-26(21,4)25(22)14-16-27(23,24)5;2-1(3,4)5/h19-25,28H,6-18H2,1-5H3;2-4H. The second-order valence-corrected chi connectivity index (χ2v) is 13.8. The van der Waals surface area contributed by atoms with Crippen LogP contribution in [0.1, 0.15) is 105 Å². The van der Waals surface area contributed by atoms with Crippen molar-refractivity contribution in [2.75, 3.05) is 13.1 Å². The first-order valence-corrected chi connectivity index (χ1v) is 15.1. The monoisotopic (exact) mass is 489 g/mol. The van der Waals surface area contributed by atoms with Gasteiger partial charge >= 0.3 is 28.9 Å². The Hall–Kier alpha value is 0.0900. The number of hydrogen-bond donors (Lipinski definition) is 4. The van der Waals surface area contributed by atoms with E-state index in [1.165, 1.54) is 64.5 Å². The van der Waals surface area contributed by atoms with Crippen molar-refractivity contribution in [3.05, 3.63) is 0 Å². The summed E-state index contributed by atoms with van der Waals surface area (Å²) in [5.41, 5.74) is 1.29. The Kier molecular flexibility index (Phi) is 9.23. The van der Waals surface area contributed by atoms with Crippen LogP contribution >= 0.6 is 0 Å². The van der Waals surface area contributed by atoms with E-state index in [2.05, 4.69) is 39.9 Å². The van der Waals surface area contributed by atoms with Gasteiger partial charge in [0.25, 0.3) is 0 Å². The molecule has 5 nitrogen and oxygen atoms in total. The summed E-state index contributed by atoms with van der Waals surface area (Å²) in [6, 6.07) is 0. The van der Waals surface area contributed by atoms with Crippen molar-refractivity contribution in [3.8, 4) is 0 Å². The van der Waals surface area contributed by atoms with Gasteiger partial charge in [0.15, 0.2) is 0 Å². The number of nitrogens with one attached hydrogen (secondary N) is 1. The van der Waals surface area contributed by atoms with E-state index in [1.807, 2.05) is 0 Å². The zero-order valence-corrected chi connectivity index (χ0v) is 22.6. The molecule has 6 heteroatoms. The van der Waals surface area contributed by atoms with Crippen molar-refractivity contribution in [1.82, 2.24) is 5.32 Å². The average Bonchev–Trinajstić information content (AvgIpc) is 2.92. The molecule has 8 atom stereocenters. The zero-order chi connectivity index (χ0) is 24.4. The number of rotatable bonds is 5. The molecule has 0 radical (unpaired) electrons. The molecule has 4 rings (SSSR count). The molecule has 4 N–H and O–H groups in total. The second-order valence-electron chi connectivity index (χ2n) is 12.9. The van der Waals surface area contributed by atoms with Crippen LogP contribution in [0.5, 0.6) is 0 Å². The summed E-state index contributed by atoms with van der Waals surface area (Å²) >= 11 is 0. The van der Waals surface area contributed by atoms with Crippen LogP contribution in [0, 0.1) is 62.5 Å². The first-order valence-electron chi connectivity index (χ1n) is 13.7. The third-order valence-corrected chi connectivity index (χ3v) is 10.7. The maximum atomic E-state index is 8.83. The van der Waals surface area contributed by atoms with Crippen LogP contribution in [0.3, 0.4) is 0 Å². The SMILES string of the molecule is CC(C)CCCC(C)C1CCC2C3CCC4CNCCCC4(C)C3CCC12C.[O-][Cl+](O)(O)O. The minimum atomic E-state index is -4.19. The molecule has 4 aliphatic rings.